The lowest BCUT2D eigenvalue weighted by atomic mass is 10.1. The number of carbonyl (C=O) groups is 2. The predicted octanol–water partition coefficient (Wildman–Crippen LogP) is 5.29. The van der Waals surface area contributed by atoms with Gasteiger partial charge in [-0.05, 0) is 47.2 Å². The van der Waals surface area contributed by atoms with E-state index in [-0.39, 0.29) is 37.2 Å². The molecule has 2 amide bonds. The van der Waals surface area contributed by atoms with E-state index >= 15 is 0 Å². The molecule has 0 fully saturated rings. The quantitative estimate of drug-likeness (QED) is 0.405. The van der Waals surface area contributed by atoms with Crippen molar-refractivity contribution in [2.24, 2.45) is 5.10 Å². The van der Waals surface area contributed by atoms with Gasteiger partial charge in [0.15, 0.2) is 0 Å². The normalized spacial score (nSPS) is 15.8. The van der Waals surface area contributed by atoms with Crippen LogP contribution in [-0.4, -0.2) is 54.2 Å². The zero-order valence-corrected chi connectivity index (χ0v) is 20.3. The van der Waals surface area contributed by atoms with E-state index in [2.05, 4.69) is 5.10 Å². The zero-order chi connectivity index (χ0) is 25.0. The van der Waals surface area contributed by atoms with Crippen LogP contribution in [0.4, 0.5) is 13.2 Å². The lowest BCUT2D eigenvalue weighted by Crippen LogP contribution is -2.42. The van der Waals surface area contributed by atoms with Gasteiger partial charge in [-0.2, -0.15) is 18.3 Å². The highest BCUT2D eigenvalue weighted by atomic mass is 32.1. The number of carbonyl (C=O) groups excluding carboxylic acids is 2. The Morgan fingerprint density at radius 2 is 1.83 bits per heavy atom. The van der Waals surface area contributed by atoms with Gasteiger partial charge in [0, 0.05) is 30.5 Å². The smallest absolute Gasteiger partial charge is 0.383 e. The third-order valence-corrected chi connectivity index (χ3v) is 7.37. The molecule has 1 aliphatic heterocycles. The maximum atomic E-state index is 13.4. The lowest BCUT2D eigenvalue weighted by molar-refractivity contribution is -0.137. The molecule has 0 saturated carbocycles. The Labute approximate surface area is 208 Å². The van der Waals surface area contributed by atoms with Crippen LogP contribution in [0.1, 0.15) is 38.1 Å². The Hall–Kier alpha value is -3.02. The van der Waals surface area contributed by atoms with Crippen LogP contribution in [0, 0.1) is 0 Å². The molecule has 0 radical (unpaired) electrons. The number of ether oxygens (including phenoxy) is 1. The van der Waals surface area contributed by atoms with Gasteiger partial charge in [0.25, 0.3) is 11.8 Å². The summed E-state index contributed by atoms with van der Waals surface area (Å²) in [7, 11) is 1.47. The molecule has 3 heterocycles. The van der Waals surface area contributed by atoms with Crippen molar-refractivity contribution in [3.8, 4) is 0 Å². The summed E-state index contributed by atoms with van der Waals surface area (Å²) in [6.07, 6.45) is -3.95. The number of amides is 2. The zero-order valence-electron chi connectivity index (χ0n) is 18.7. The largest absolute Gasteiger partial charge is 0.416 e. The first-order valence-corrected chi connectivity index (χ1v) is 12.5. The Kier molecular flexibility index (Phi) is 7.68. The maximum Gasteiger partial charge on any atom is 0.416 e. The molecule has 3 aromatic rings. The first-order valence-electron chi connectivity index (χ1n) is 10.7. The van der Waals surface area contributed by atoms with Gasteiger partial charge in [-0.1, -0.05) is 12.1 Å². The van der Waals surface area contributed by atoms with Crippen LogP contribution in [0.2, 0.25) is 0 Å². The fraction of sp³-hybridized carbons (Fsp3) is 0.292. The Morgan fingerprint density at radius 1 is 1.11 bits per heavy atom. The van der Waals surface area contributed by atoms with Crippen LogP contribution < -0.4 is 0 Å². The fourth-order valence-electron chi connectivity index (χ4n) is 3.71. The molecule has 0 aliphatic carbocycles. The maximum absolute atomic E-state index is 13.4. The SMILES string of the molecule is COCCN(CC(=O)N1N=C(c2cccs2)CC1c1cccs1)C(=O)c1ccc(C(F)(F)F)cc1. The standard InChI is InChI=1S/C24H22F3N3O3S2/c1-33-11-10-29(23(32)16-6-8-17(9-7-16)24(25,26)27)15-22(31)30-19(21-5-3-13-35-21)14-18(28-30)20-4-2-12-34-20/h2-9,12-13,19H,10-11,14-15H2,1H3. The summed E-state index contributed by atoms with van der Waals surface area (Å²) < 4.78 is 43.8. The fourth-order valence-corrected chi connectivity index (χ4v) is 5.24. The molecule has 1 aromatic carbocycles. The number of rotatable bonds is 8. The summed E-state index contributed by atoms with van der Waals surface area (Å²) in [6.45, 7) is -0.0227. The van der Waals surface area contributed by atoms with Crippen LogP contribution >= 0.6 is 22.7 Å². The van der Waals surface area contributed by atoms with Crippen molar-refractivity contribution in [1.29, 1.82) is 0 Å². The van der Waals surface area contributed by atoms with Crippen LogP contribution in [0.15, 0.2) is 64.4 Å². The second-order valence-corrected chi connectivity index (χ2v) is 9.72. The number of benzene rings is 1. The number of hydrogen-bond acceptors (Lipinski definition) is 6. The van der Waals surface area contributed by atoms with E-state index in [9.17, 15) is 22.8 Å². The van der Waals surface area contributed by atoms with Crippen molar-refractivity contribution in [3.63, 3.8) is 0 Å². The van der Waals surface area contributed by atoms with Gasteiger partial charge in [-0.15, -0.1) is 22.7 Å². The van der Waals surface area contributed by atoms with Gasteiger partial charge in [0.2, 0.25) is 0 Å². The van der Waals surface area contributed by atoms with Crippen molar-refractivity contribution < 1.29 is 27.5 Å². The summed E-state index contributed by atoms with van der Waals surface area (Å²) in [5.74, 6) is -0.940. The van der Waals surface area contributed by atoms with E-state index in [1.165, 1.54) is 39.7 Å². The molecule has 0 N–H and O–H groups in total. The first-order chi connectivity index (χ1) is 16.8. The van der Waals surface area contributed by atoms with Crippen molar-refractivity contribution in [3.05, 3.63) is 80.2 Å². The van der Waals surface area contributed by atoms with Crippen molar-refractivity contribution in [1.82, 2.24) is 9.91 Å². The summed E-state index contributed by atoms with van der Waals surface area (Å²) >= 11 is 3.06. The number of thiophene rings is 2. The Balaban J connectivity index is 1.56. The predicted molar refractivity (Wildman–Crippen MR) is 129 cm³/mol. The number of alkyl halides is 3. The third-order valence-electron chi connectivity index (χ3n) is 5.48. The number of methoxy groups -OCH3 is 1. The molecule has 2 aromatic heterocycles. The van der Waals surface area contributed by atoms with Gasteiger partial charge in [-0.3, -0.25) is 9.59 Å². The van der Waals surface area contributed by atoms with Gasteiger partial charge in [-0.25, -0.2) is 5.01 Å². The van der Waals surface area contributed by atoms with E-state index < -0.39 is 17.6 Å². The van der Waals surface area contributed by atoms with Crippen LogP contribution in [0.3, 0.4) is 0 Å². The van der Waals surface area contributed by atoms with Crippen molar-refractivity contribution >= 4 is 40.2 Å². The van der Waals surface area contributed by atoms with E-state index in [0.717, 1.165) is 39.7 Å². The van der Waals surface area contributed by atoms with Gasteiger partial charge >= 0.3 is 6.18 Å². The molecule has 0 spiro atoms. The number of hydrazone groups is 1. The highest BCUT2D eigenvalue weighted by Gasteiger charge is 2.35. The molecule has 6 nitrogen and oxygen atoms in total. The summed E-state index contributed by atoms with van der Waals surface area (Å²) in [5.41, 5.74) is 0.00466. The third kappa shape index (κ3) is 5.80. The molecule has 4 rings (SSSR count). The molecule has 1 atom stereocenters. The minimum atomic E-state index is -4.50. The van der Waals surface area contributed by atoms with Crippen molar-refractivity contribution in [2.75, 3.05) is 26.8 Å². The second kappa shape index (κ2) is 10.7. The van der Waals surface area contributed by atoms with Crippen LogP contribution in [-0.2, 0) is 15.7 Å². The molecule has 11 heteroatoms. The number of halogens is 3. The summed E-state index contributed by atoms with van der Waals surface area (Å²) in [5, 5.41) is 9.89. The molecule has 1 unspecified atom stereocenters. The average Bonchev–Trinajstić information content (AvgIpc) is 3.61. The number of hydrogen-bond donors (Lipinski definition) is 0. The molecular formula is C24H22F3N3O3S2. The molecule has 184 valence electrons. The van der Waals surface area contributed by atoms with E-state index in [0.29, 0.717) is 6.42 Å². The van der Waals surface area contributed by atoms with Gasteiger partial charge in [0.1, 0.15) is 6.54 Å². The number of nitrogens with zero attached hydrogens (tertiary/aromatic N) is 3. The van der Waals surface area contributed by atoms with Crippen molar-refractivity contribution in [2.45, 2.75) is 18.6 Å². The minimum absolute atomic E-state index is 0.0564. The highest BCUT2D eigenvalue weighted by molar-refractivity contribution is 7.12. The topological polar surface area (TPSA) is 62.2 Å². The highest BCUT2D eigenvalue weighted by Crippen LogP contribution is 2.36. The van der Waals surface area contributed by atoms with E-state index in [1.807, 2.05) is 35.0 Å². The van der Waals surface area contributed by atoms with Crippen LogP contribution in [0.5, 0.6) is 0 Å². The molecular weight excluding hydrogens is 499 g/mol. The average molecular weight is 522 g/mol. The van der Waals surface area contributed by atoms with Crippen LogP contribution in [0.25, 0.3) is 0 Å². The monoisotopic (exact) mass is 521 g/mol. The summed E-state index contributed by atoms with van der Waals surface area (Å²) in [4.78, 5) is 29.7. The molecule has 0 bridgehead atoms. The second-order valence-electron chi connectivity index (χ2n) is 7.79. The Bertz CT molecular complexity index is 1180. The Morgan fingerprint density at radius 3 is 2.43 bits per heavy atom. The molecule has 1 aliphatic rings. The van der Waals surface area contributed by atoms with Gasteiger partial charge in [0.05, 0.1) is 28.8 Å². The molecule has 35 heavy (non-hydrogen) atoms. The molecule has 0 saturated heterocycles. The first kappa shape index (κ1) is 25.1. The van der Waals surface area contributed by atoms with E-state index in [4.69, 9.17) is 4.74 Å². The minimum Gasteiger partial charge on any atom is -0.383 e. The lowest BCUT2D eigenvalue weighted by Gasteiger charge is -2.26. The van der Waals surface area contributed by atoms with Gasteiger partial charge < -0.3 is 9.64 Å². The van der Waals surface area contributed by atoms with E-state index in [1.54, 1.807) is 0 Å². The summed E-state index contributed by atoms with van der Waals surface area (Å²) in [6, 6.07) is 11.4.